The number of nitrogens with zero attached hydrogens (tertiary/aromatic N) is 6. The highest BCUT2D eigenvalue weighted by atomic mass is 16.6. The van der Waals surface area contributed by atoms with Crippen LogP contribution in [0, 0.1) is 6.92 Å². The summed E-state index contributed by atoms with van der Waals surface area (Å²) in [5, 5.41) is 3.18. The van der Waals surface area contributed by atoms with Gasteiger partial charge in [0.25, 0.3) is 0 Å². The summed E-state index contributed by atoms with van der Waals surface area (Å²) in [5.74, 6) is 1.39. The molecule has 0 aromatic carbocycles. The number of hydrogen-bond donors (Lipinski definition) is 2. The first-order valence-corrected chi connectivity index (χ1v) is 11.9. The lowest BCUT2D eigenvalue weighted by atomic mass is 10.0. The molecule has 0 saturated heterocycles. The third-order valence-corrected chi connectivity index (χ3v) is 6.01. The smallest absolute Gasteiger partial charge is 0.415 e. The first-order valence-electron chi connectivity index (χ1n) is 11.9. The number of aromatic nitrogens is 4. The van der Waals surface area contributed by atoms with Gasteiger partial charge in [-0.1, -0.05) is 0 Å². The first kappa shape index (κ1) is 23.6. The van der Waals surface area contributed by atoms with Gasteiger partial charge in [0.2, 0.25) is 11.8 Å². The molecule has 1 amide bonds. The number of carbonyl (C=O) groups excluding carboxylic acids is 1. The number of nitrogens with two attached hydrogens (primary N) is 1. The maximum atomic E-state index is 13.0. The maximum Gasteiger partial charge on any atom is 0.415 e. The molecule has 0 unspecified atom stereocenters. The Kier molecular flexibility index (Phi) is 5.99. The number of amides is 1. The number of hydrogen-bond acceptors (Lipinski definition) is 10. The van der Waals surface area contributed by atoms with Crippen LogP contribution in [0.2, 0.25) is 0 Å². The Morgan fingerprint density at radius 1 is 1.14 bits per heavy atom. The van der Waals surface area contributed by atoms with E-state index in [1.165, 1.54) is 0 Å². The van der Waals surface area contributed by atoms with Crippen molar-refractivity contribution in [2.24, 2.45) is 0 Å². The van der Waals surface area contributed by atoms with E-state index < -0.39 is 11.7 Å². The molecular weight excluding hydrogens is 460 g/mol. The van der Waals surface area contributed by atoms with E-state index in [1.807, 2.05) is 40.0 Å². The van der Waals surface area contributed by atoms with E-state index in [1.54, 1.807) is 23.4 Å². The Balaban J connectivity index is 1.40. The fourth-order valence-electron chi connectivity index (χ4n) is 4.32. The number of nitrogens with one attached hydrogen (secondary N) is 1. The van der Waals surface area contributed by atoms with Crippen LogP contribution in [-0.2, 0) is 17.7 Å². The molecule has 3 aromatic rings. The van der Waals surface area contributed by atoms with Gasteiger partial charge in [0.1, 0.15) is 23.7 Å². The van der Waals surface area contributed by atoms with Gasteiger partial charge < -0.3 is 25.4 Å². The minimum absolute atomic E-state index is 0.366. The SMILES string of the molecule is Cc1c(N2CCc3cnc(Nc4ccc(N)nc4)nc3C2)cnc2c1N(C(=O)OC(C)(C)C)CCO2. The van der Waals surface area contributed by atoms with Gasteiger partial charge in [-0.05, 0) is 51.8 Å². The number of anilines is 5. The molecule has 3 aromatic heterocycles. The lowest BCUT2D eigenvalue weighted by molar-refractivity contribution is 0.0566. The number of ether oxygens (including phenoxy) is 2. The average molecular weight is 491 g/mol. The number of pyridine rings is 2. The zero-order valence-corrected chi connectivity index (χ0v) is 20.9. The highest BCUT2D eigenvalue weighted by molar-refractivity contribution is 5.92. The van der Waals surface area contributed by atoms with Gasteiger partial charge >= 0.3 is 6.09 Å². The Morgan fingerprint density at radius 3 is 2.72 bits per heavy atom. The Bertz CT molecular complexity index is 1290. The highest BCUT2D eigenvalue weighted by Gasteiger charge is 2.32. The van der Waals surface area contributed by atoms with Crippen LogP contribution >= 0.6 is 0 Å². The topological polar surface area (TPSA) is 132 Å². The van der Waals surface area contributed by atoms with E-state index in [-0.39, 0.29) is 0 Å². The minimum Gasteiger partial charge on any atom is -0.474 e. The van der Waals surface area contributed by atoms with Gasteiger partial charge in [-0.3, -0.25) is 4.90 Å². The molecule has 0 fully saturated rings. The molecule has 0 saturated carbocycles. The molecule has 5 rings (SSSR count). The predicted octanol–water partition coefficient (Wildman–Crippen LogP) is 3.60. The summed E-state index contributed by atoms with van der Waals surface area (Å²) in [6.45, 7) is 9.68. The maximum absolute atomic E-state index is 13.0. The van der Waals surface area contributed by atoms with Crippen molar-refractivity contribution in [3.8, 4) is 5.88 Å². The molecule has 2 aliphatic heterocycles. The zero-order valence-electron chi connectivity index (χ0n) is 20.9. The number of fused-ring (bicyclic) bond motifs is 2. The second-order valence-corrected chi connectivity index (χ2v) is 9.84. The molecule has 5 heterocycles. The van der Waals surface area contributed by atoms with Crippen LogP contribution in [0.25, 0.3) is 0 Å². The largest absolute Gasteiger partial charge is 0.474 e. The van der Waals surface area contributed by atoms with E-state index in [4.69, 9.17) is 20.2 Å². The lowest BCUT2D eigenvalue weighted by Crippen LogP contribution is -2.42. The molecule has 0 atom stereocenters. The van der Waals surface area contributed by atoms with Crippen LogP contribution in [0.3, 0.4) is 0 Å². The monoisotopic (exact) mass is 490 g/mol. The van der Waals surface area contributed by atoms with E-state index in [0.29, 0.717) is 43.0 Å². The van der Waals surface area contributed by atoms with E-state index in [0.717, 1.165) is 41.2 Å². The molecule has 0 radical (unpaired) electrons. The fourth-order valence-corrected chi connectivity index (χ4v) is 4.32. The van der Waals surface area contributed by atoms with Crippen LogP contribution in [0.4, 0.5) is 33.6 Å². The van der Waals surface area contributed by atoms with Gasteiger partial charge in [0, 0.05) is 18.3 Å². The minimum atomic E-state index is -0.598. The van der Waals surface area contributed by atoms with Crippen LogP contribution < -0.4 is 25.6 Å². The molecule has 11 nitrogen and oxygen atoms in total. The molecule has 0 spiro atoms. The fraction of sp³-hybridized carbons (Fsp3) is 0.400. The normalized spacial score (nSPS) is 15.0. The van der Waals surface area contributed by atoms with Crippen molar-refractivity contribution >= 4 is 34.9 Å². The molecule has 0 aliphatic carbocycles. The number of rotatable bonds is 3. The summed E-state index contributed by atoms with van der Waals surface area (Å²) in [6, 6.07) is 3.55. The van der Waals surface area contributed by atoms with Crippen LogP contribution in [-0.4, -0.2) is 51.3 Å². The molecular formula is C25H30N8O3. The Morgan fingerprint density at radius 2 is 1.97 bits per heavy atom. The first-order chi connectivity index (χ1) is 17.2. The van der Waals surface area contributed by atoms with Crippen LogP contribution in [0.5, 0.6) is 5.88 Å². The van der Waals surface area contributed by atoms with Crippen molar-refractivity contribution in [1.29, 1.82) is 0 Å². The second kappa shape index (κ2) is 9.14. The van der Waals surface area contributed by atoms with Crippen LogP contribution in [0.15, 0.2) is 30.7 Å². The quantitative estimate of drug-likeness (QED) is 0.561. The lowest BCUT2D eigenvalue weighted by Gasteiger charge is -2.35. The van der Waals surface area contributed by atoms with E-state index >= 15 is 0 Å². The molecule has 11 heteroatoms. The molecule has 2 aliphatic rings. The predicted molar refractivity (Wildman–Crippen MR) is 137 cm³/mol. The summed E-state index contributed by atoms with van der Waals surface area (Å²) >= 11 is 0. The molecule has 3 N–H and O–H groups in total. The van der Waals surface area contributed by atoms with Crippen molar-refractivity contribution < 1.29 is 14.3 Å². The van der Waals surface area contributed by atoms with E-state index in [9.17, 15) is 4.79 Å². The van der Waals surface area contributed by atoms with Gasteiger partial charge in [-0.25, -0.2) is 24.7 Å². The van der Waals surface area contributed by atoms with E-state index in [2.05, 4.69) is 25.2 Å². The van der Waals surface area contributed by atoms with Crippen molar-refractivity contribution in [2.45, 2.75) is 46.3 Å². The standard InChI is InChI=1S/C25H30N8O3/c1-15-19(13-28-22-21(15)33(9-10-35-22)24(34)36-25(2,3)4)32-8-7-16-11-29-23(31-18(16)14-32)30-17-5-6-20(26)27-12-17/h5-6,11-13H,7-10,14H2,1-4H3,(H2,26,27)(H,29,30,31). The van der Waals surface area contributed by atoms with Gasteiger partial charge in [-0.15, -0.1) is 0 Å². The van der Waals surface area contributed by atoms with Crippen molar-refractivity contribution in [1.82, 2.24) is 19.9 Å². The third-order valence-electron chi connectivity index (χ3n) is 6.01. The summed E-state index contributed by atoms with van der Waals surface area (Å²) in [6.07, 6.45) is 5.70. The second-order valence-electron chi connectivity index (χ2n) is 9.84. The summed E-state index contributed by atoms with van der Waals surface area (Å²) in [5.41, 5.74) is 10.4. The number of carbonyl (C=O) groups is 1. The van der Waals surface area contributed by atoms with Crippen LogP contribution in [0.1, 0.15) is 37.6 Å². The summed E-state index contributed by atoms with van der Waals surface area (Å²) in [4.78, 5) is 34.6. The average Bonchev–Trinajstić information content (AvgIpc) is 2.84. The van der Waals surface area contributed by atoms with Crippen molar-refractivity contribution in [3.05, 3.63) is 47.5 Å². The molecule has 36 heavy (non-hydrogen) atoms. The van der Waals surface area contributed by atoms with Crippen molar-refractivity contribution in [2.75, 3.05) is 40.5 Å². The van der Waals surface area contributed by atoms with Gasteiger partial charge in [-0.2, -0.15) is 0 Å². The van der Waals surface area contributed by atoms with Gasteiger partial charge in [0.05, 0.1) is 42.6 Å². The van der Waals surface area contributed by atoms with Crippen molar-refractivity contribution in [3.63, 3.8) is 0 Å². The summed E-state index contributed by atoms with van der Waals surface area (Å²) < 4.78 is 11.4. The van der Waals surface area contributed by atoms with Gasteiger partial charge in [0.15, 0.2) is 0 Å². The molecule has 0 bridgehead atoms. The summed E-state index contributed by atoms with van der Waals surface area (Å²) in [7, 11) is 0. The Hall–Kier alpha value is -4.15. The third kappa shape index (κ3) is 4.81. The molecule has 188 valence electrons. The highest BCUT2D eigenvalue weighted by Crippen LogP contribution is 2.39. The zero-order chi connectivity index (χ0) is 25.4. The number of nitrogen functional groups attached to an aromatic ring is 1. The Labute approximate surface area is 209 Å².